The van der Waals surface area contributed by atoms with Crippen LogP contribution in [0.15, 0.2) is 24.3 Å². The van der Waals surface area contributed by atoms with Crippen LogP contribution in [-0.2, 0) is 17.8 Å². The normalized spacial score (nSPS) is 11.8. The Morgan fingerprint density at radius 1 is 1.28 bits per heavy atom. The van der Waals surface area contributed by atoms with Gasteiger partial charge in [0.2, 0.25) is 0 Å². The fraction of sp³-hybridized carbons (Fsp3) is 0.500. The van der Waals surface area contributed by atoms with Crippen LogP contribution in [-0.4, -0.2) is 40.3 Å². The van der Waals surface area contributed by atoms with Gasteiger partial charge in [0.25, 0.3) is 0 Å². The average molecular weight is 251 g/mol. The van der Waals surface area contributed by atoms with Crippen LogP contribution >= 0.6 is 0 Å². The molecule has 2 N–H and O–H groups in total. The first kappa shape index (κ1) is 14.7. The maximum atomic E-state index is 10.8. The molecule has 0 fully saturated rings. The maximum absolute atomic E-state index is 10.8. The van der Waals surface area contributed by atoms with Crippen molar-refractivity contribution in [1.29, 1.82) is 0 Å². The first-order valence-electron chi connectivity index (χ1n) is 5.97. The average Bonchev–Trinajstić information content (AvgIpc) is 2.17. The third-order valence-electron chi connectivity index (χ3n) is 2.56. The second kappa shape index (κ2) is 5.98. The van der Waals surface area contributed by atoms with Crippen LogP contribution in [0.1, 0.15) is 25.0 Å². The molecule has 0 heterocycles. The minimum atomic E-state index is -0.826. The van der Waals surface area contributed by atoms with E-state index >= 15 is 0 Å². The van der Waals surface area contributed by atoms with Gasteiger partial charge in [0.15, 0.2) is 0 Å². The van der Waals surface area contributed by atoms with E-state index in [0.29, 0.717) is 13.1 Å². The van der Waals surface area contributed by atoms with E-state index in [1.807, 2.05) is 36.2 Å². The van der Waals surface area contributed by atoms with Gasteiger partial charge in [-0.05, 0) is 32.0 Å². The van der Waals surface area contributed by atoms with E-state index in [-0.39, 0.29) is 6.42 Å². The highest BCUT2D eigenvalue weighted by molar-refractivity contribution is 5.70. The van der Waals surface area contributed by atoms with Crippen LogP contribution in [0.3, 0.4) is 0 Å². The van der Waals surface area contributed by atoms with E-state index in [1.54, 1.807) is 13.8 Å². The molecule has 1 aromatic carbocycles. The Labute approximate surface area is 108 Å². The molecule has 0 spiro atoms. The number of carboxylic acid groups (broad SMARTS) is 1. The van der Waals surface area contributed by atoms with E-state index in [0.717, 1.165) is 11.1 Å². The highest BCUT2D eigenvalue weighted by Gasteiger charge is 2.16. The molecule has 0 amide bonds. The second-order valence-electron chi connectivity index (χ2n) is 5.32. The van der Waals surface area contributed by atoms with E-state index in [2.05, 4.69) is 0 Å². The van der Waals surface area contributed by atoms with Crippen molar-refractivity contribution in [3.05, 3.63) is 35.4 Å². The van der Waals surface area contributed by atoms with Crippen molar-refractivity contribution in [3.8, 4) is 0 Å². The van der Waals surface area contributed by atoms with Crippen LogP contribution in [0, 0.1) is 0 Å². The zero-order valence-corrected chi connectivity index (χ0v) is 11.2. The molecule has 1 aromatic rings. The van der Waals surface area contributed by atoms with Gasteiger partial charge in [0.1, 0.15) is 0 Å². The zero-order chi connectivity index (χ0) is 13.8. The Bertz CT molecular complexity index is 410. The van der Waals surface area contributed by atoms with Gasteiger partial charge in [-0.15, -0.1) is 0 Å². The van der Waals surface area contributed by atoms with Crippen LogP contribution in [0.5, 0.6) is 0 Å². The summed E-state index contributed by atoms with van der Waals surface area (Å²) in [7, 11) is 1.91. The lowest BCUT2D eigenvalue weighted by atomic mass is 10.0. The quantitative estimate of drug-likeness (QED) is 0.804. The fourth-order valence-electron chi connectivity index (χ4n) is 2.05. The van der Waals surface area contributed by atoms with Crippen molar-refractivity contribution < 1.29 is 15.0 Å². The predicted molar refractivity (Wildman–Crippen MR) is 70.4 cm³/mol. The van der Waals surface area contributed by atoms with Crippen molar-refractivity contribution >= 4 is 5.97 Å². The van der Waals surface area contributed by atoms with E-state index < -0.39 is 11.6 Å². The summed E-state index contributed by atoms with van der Waals surface area (Å²) in [6.45, 7) is 4.68. The predicted octanol–water partition coefficient (Wildman–Crippen LogP) is 1.52. The lowest BCUT2D eigenvalue weighted by Gasteiger charge is -2.26. The minimum absolute atomic E-state index is 0.0343. The molecule has 1 rings (SSSR count). The number of hydrogen-bond donors (Lipinski definition) is 2. The van der Waals surface area contributed by atoms with Gasteiger partial charge in [-0.1, -0.05) is 24.3 Å². The van der Waals surface area contributed by atoms with Gasteiger partial charge < -0.3 is 10.2 Å². The van der Waals surface area contributed by atoms with Crippen LogP contribution in [0.4, 0.5) is 0 Å². The van der Waals surface area contributed by atoms with Crippen molar-refractivity contribution in [1.82, 2.24) is 4.90 Å². The summed E-state index contributed by atoms with van der Waals surface area (Å²) >= 11 is 0. The molecule has 0 bridgehead atoms. The summed E-state index contributed by atoms with van der Waals surface area (Å²) in [4.78, 5) is 12.8. The molecule has 0 saturated carbocycles. The van der Waals surface area contributed by atoms with Crippen LogP contribution < -0.4 is 0 Å². The Balaban J connectivity index is 2.74. The Morgan fingerprint density at radius 2 is 1.83 bits per heavy atom. The third kappa shape index (κ3) is 5.29. The molecule has 0 atom stereocenters. The molecule has 18 heavy (non-hydrogen) atoms. The lowest BCUT2D eigenvalue weighted by Crippen LogP contribution is -2.36. The number of carboxylic acids is 1. The van der Waals surface area contributed by atoms with E-state index in [4.69, 9.17) is 5.11 Å². The molecule has 100 valence electrons. The third-order valence-corrected chi connectivity index (χ3v) is 2.56. The summed E-state index contributed by atoms with van der Waals surface area (Å²) in [6, 6.07) is 7.51. The van der Waals surface area contributed by atoms with E-state index in [9.17, 15) is 9.90 Å². The summed E-state index contributed by atoms with van der Waals surface area (Å²) in [5, 5.41) is 18.6. The molecule has 0 aliphatic rings. The summed E-state index contributed by atoms with van der Waals surface area (Å²) in [6.07, 6.45) is 0.0343. The van der Waals surface area contributed by atoms with Crippen LogP contribution in [0.2, 0.25) is 0 Å². The molecule has 0 aliphatic heterocycles. The smallest absolute Gasteiger partial charge is 0.307 e. The first-order valence-corrected chi connectivity index (χ1v) is 5.97. The second-order valence-corrected chi connectivity index (χ2v) is 5.32. The van der Waals surface area contributed by atoms with Gasteiger partial charge in [-0.2, -0.15) is 0 Å². The number of hydrogen-bond acceptors (Lipinski definition) is 3. The number of rotatable bonds is 6. The number of benzene rings is 1. The molecule has 0 saturated heterocycles. The number of aliphatic carboxylic acids is 1. The van der Waals surface area contributed by atoms with Gasteiger partial charge in [0.05, 0.1) is 12.0 Å². The SMILES string of the molecule is CN(Cc1ccccc1CC(=O)O)CC(C)(C)O. The molecule has 0 aliphatic carbocycles. The van der Waals surface area contributed by atoms with Crippen molar-refractivity contribution in [2.45, 2.75) is 32.4 Å². The maximum Gasteiger partial charge on any atom is 0.307 e. The number of carbonyl (C=O) groups is 1. The molecule has 0 aromatic heterocycles. The Kier molecular flexibility index (Phi) is 4.87. The number of aliphatic hydroxyl groups is 1. The first-order chi connectivity index (χ1) is 8.28. The van der Waals surface area contributed by atoms with Crippen molar-refractivity contribution in [2.24, 2.45) is 0 Å². The van der Waals surface area contributed by atoms with E-state index in [1.165, 1.54) is 0 Å². The number of likely N-dealkylation sites (N-methyl/N-ethyl adjacent to an activating group) is 1. The van der Waals surface area contributed by atoms with Gasteiger partial charge in [-0.3, -0.25) is 9.69 Å². The molecular formula is C14H21NO3. The van der Waals surface area contributed by atoms with Crippen LogP contribution in [0.25, 0.3) is 0 Å². The summed E-state index contributed by atoms with van der Waals surface area (Å²) in [5.74, 6) is -0.826. The molecular weight excluding hydrogens is 230 g/mol. The molecule has 0 radical (unpaired) electrons. The highest BCUT2D eigenvalue weighted by atomic mass is 16.4. The highest BCUT2D eigenvalue weighted by Crippen LogP contribution is 2.13. The molecule has 4 nitrogen and oxygen atoms in total. The minimum Gasteiger partial charge on any atom is -0.481 e. The summed E-state index contributed by atoms with van der Waals surface area (Å²) < 4.78 is 0. The summed E-state index contributed by atoms with van der Waals surface area (Å²) in [5.41, 5.74) is 1.07. The van der Waals surface area contributed by atoms with Gasteiger partial charge >= 0.3 is 5.97 Å². The van der Waals surface area contributed by atoms with Gasteiger partial charge in [-0.25, -0.2) is 0 Å². The van der Waals surface area contributed by atoms with Gasteiger partial charge in [0, 0.05) is 13.1 Å². The molecule has 4 heteroatoms. The van der Waals surface area contributed by atoms with Crippen molar-refractivity contribution in [3.63, 3.8) is 0 Å². The number of nitrogens with zero attached hydrogens (tertiary/aromatic N) is 1. The monoisotopic (exact) mass is 251 g/mol. The lowest BCUT2D eigenvalue weighted by molar-refractivity contribution is -0.136. The standard InChI is InChI=1S/C14H21NO3/c1-14(2,18)10-15(3)9-12-7-5-4-6-11(12)8-13(16)17/h4-7,18H,8-10H2,1-3H3,(H,16,17). The topological polar surface area (TPSA) is 60.8 Å². The molecule has 0 unspecified atom stereocenters. The Hall–Kier alpha value is -1.39. The van der Waals surface area contributed by atoms with Crippen molar-refractivity contribution in [2.75, 3.05) is 13.6 Å². The largest absolute Gasteiger partial charge is 0.481 e. The Morgan fingerprint density at radius 3 is 2.33 bits per heavy atom. The fourth-order valence-corrected chi connectivity index (χ4v) is 2.05. The zero-order valence-electron chi connectivity index (χ0n) is 11.2.